The Kier molecular flexibility index (Phi) is 4.59. The Hall–Kier alpha value is -0.220. The number of carbonyl (C=O) groups is 1. The highest BCUT2D eigenvalue weighted by molar-refractivity contribution is 7.99. The maximum atomic E-state index is 12.5. The number of carbonyl (C=O) groups excluding carboxylic acids is 1. The van der Waals surface area contributed by atoms with E-state index in [1.807, 2.05) is 11.8 Å². The third-order valence-electron chi connectivity index (χ3n) is 4.18. The molecular weight excluding hydrogens is 244 g/mol. The normalized spacial score (nSPS) is 36.9. The molecule has 2 fully saturated rings. The highest BCUT2D eigenvalue weighted by atomic mass is 32.2. The molecule has 1 saturated heterocycles. The van der Waals surface area contributed by atoms with E-state index >= 15 is 0 Å². The number of hydrogen-bond acceptors (Lipinski definition) is 3. The smallest absolute Gasteiger partial charge is 0.241 e. The van der Waals surface area contributed by atoms with E-state index in [4.69, 9.17) is 0 Å². The number of nitrogens with zero attached hydrogens (tertiary/aromatic N) is 1. The molecule has 0 aromatic rings. The van der Waals surface area contributed by atoms with Gasteiger partial charge >= 0.3 is 0 Å². The third-order valence-corrected chi connectivity index (χ3v) is 5.49. The van der Waals surface area contributed by atoms with Gasteiger partial charge in [-0.15, -0.1) is 0 Å². The topological polar surface area (TPSA) is 32.3 Å². The molecule has 2 aliphatic rings. The van der Waals surface area contributed by atoms with Gasteiger partial charge in [0, 0.05) is 11.3 Å². The van der Waals surface area contributed by atoms with Crippen molar-refractivity contribution < 1.29 is 4.79 Å². The number of thioether (sulfide) groups is 1. The van der Waals surface area contributed by atoms with Crippen LogP contribution in [0.1, 0.15) is 47.0 Å². The molecule has 1 amide bonds. The van der Waals surface area contributed by atoms with E-state index in [2.05, 4.69) is 37.9 Å². The second-order valence-corrected chi connectivity index (χ2v) is 7.32. The molecule has 0 radical (unpaired) electrons. The van der Waals surface area contributed by atoms with Crippen molar-refractivity contribution in [1.82, 2.24) is 10.2 Å². The van der Waals surface area contributed by atoms with E-state index in [0.29, 0.717) is 23.1 Å². The van der Waals surface area contributed by atoms with Gasteiger partial charge in [-0.2, -0.15) is 11.8 Å². The summed E-state index contributed by atoms with van der Waals surface area (Å²) in [7, 11) is 0. The minimum absolute atomic E-state index is 0.0212. The number of rotatable bonds is 4. The summed E-state index contributed by atoms with van der Waals surface area (Å²) in [5.74, 6) is 1.85. The SMILES string of the molecule is CCSC1CCCC1N1C(=O)C(C(C)C)NC1C. The van der Waals surface area contributed by atoms with Crippen LogP contribution >= 0.6 is 11.8 Å². The first-order valence-corrected chi connectivity index (χ1v) is 8.31. The molecule has 1 aliphatic carbocycles. The van der Waals surface area contributed by atoms with Gasteiger partial charge in [-0.3, -0.25) is 10.1 Å². The molecule has 4 unspecified atom stereocenters. The summed E-state index contributed by atoms with van der Waals surface area (Å²) in [6, 6.07) is 0.474. The van der Waals surface area contributed by atoms with E-state index in [1.165, 1.54) is 19.3 Å². The summed E-state index contributed by atoms with van der Waals surface area (Å²) < 4.78 is 0. The van der Waals surface area contributed by atoms with Crippen molar-refractivity contribution in [2.45, 2.75) is 70.5 Å². The zero-order chi connectivity index (χ0) is 13.3. The zero-order valence-corrected chi connectivity index (χ0v) is 12.8. The highest BCUT2D eigenvalue weighted by Gasteiger charge is 2.45. The van der Waals surface area contributed by atoms with E-state index < -0.39 is 0 Å². The Labute approximate surface area is 115 Å². The summed E-state index contributed by atoms with van der Waals surface area (Å²) in [4.78, 5) is 14.7. The largest absolute Gasteiger partial charge is 0.322 e. The molecular formula is C14H26N2OS. The van der Waals surface area contributed by atoms with Crippen molar-refractivity contribution in [3.8, 4) is 0 Å². The molecule has 4 atom stereocenters. The third kappa shape index (κ3) is 2.55. The number of hydrogen-bond donors (Lipinski definition) is 1. The van der Waals surface area contributed by atoms with Crippen LogP contribution in [0, 0.1) is 5.92 Å². The lowest BCUT2D eigenvalue weighted by Crippen LogP contribution is -2.46. The van der Waals surface area contributed by atoms with Gasteiger partial charge in [0.1, 0.15) is 0 Å². The molecule has 0 aromatic heterocycles. The second-order valence-electron chi connectivity index (χ2n) is 5.80. The maximum Gasteiger partial charge on any atom is 0.241 e. The van der Waals surface area contributed by atoms with Gasteiger partial charge in [-0.1, -0.05) is 27.2 Å². The molecule has 3 nitrogen and oxygen atoms in total. The molecule has 1 heterocycles. The van der Waals surface area contributed by atoms with E-state index in [9.17, 15) is 4.79 Å². The van der Waals surface area contributed by atoms with Crippen molar-refractivity contribution >= 4 is 17.7 Å². The fraction of sp³-hybridized carbons (Fsp3) is 0.929. The van der Waals surface area contributed by atoms with Crippen molar-refractivity contribution in [2.24, 2.45) is 5.92 Å². The van der Waals surface area contributed by atoms with Crippen molar-refractivity contribution in [3.63, 3.8) is 0 Å². The average molecular weight is 270 g/mol. The van der Waals surface area contributed by atoms with Crippen LogP contribution in [0.25, 0.3) is 0 Å². The van der Waals surface area contributed by atoms with Crippen molar-refractivity contribution in [3.05, 3.63) is 0 Å². The Balaban J connectivity index is 2.10. The lowest BCUT2D eigenvalue weighted by Gasteiger charge is -2.32. The van der Waals surface area contributed by atoms with Crippen LogP contribution < -0.4 is 5.32 Å². The fourth-order valence-corrected chi connectivity index (χ4v) is 4.58. The Morgan fingerprint density at radius 3 is 2.72 bits per heavy atom. The summed E-state index contributed by atoms with van der Waals surface area (Å²) >= 11 is 2.03. The molecule has 0 aromatic carbocycles. The average Bonchev–Trinajstić information content (AvgIpc) is 2.84. The van der Waals surface area contributed by atoms with Gasteiger partial charge < -0.3 is 4.90 Å². The quantitative estimate of drug-likeness (QED) is 0.852. The number of amides is 1. The van der Waals surface area contributed by atoms with Crippen LogP contribution in [-0.2, 0) is 4.79 Å². The highest BCUT2D eigenvalue weighted by Crippen LogP contribution is 2.36. The predicted octanol–water partition coefficient (Wildman–Crippen LogP) is 2.46. The molecule has 1 aliphatic heterocycles. The van der Waals surface area contributed by atoms with Gasteiger partial charge in [-0.25, -0.2) is 0 Å². The summed E-state index contributed by atoms with van der Waals surface area (Å²) in [5, 5.41) is 4.11. The molecule has 0 spiro atoms. The Bertz CT molecular complexity index is 308. The molecule has 0 bridgehead atoms. The van der Waals surface area contributed by atoms with E-state index in [1.54, 1.807) is 0 Å². The standard InChI is InChI=1S/C14H26N2OS/c1-5-18-12-8-6-7-11(12)16-10(4)15-13(9(2)3)14(16)17/h9-13,15H,5-8H2,1-4H3. The Morgan fingerprint density at radius 2 is 2.17 bits per heavy atom. The molecule has 18 heavy (non-hydrogen) atoms. The monoisotopic (exact) mass is 270 g/mol. The molecule has 104 valence electrons. The molecule has 2 rings (SSSR count). The van der Waals surface area contributed by atoms with E-state index in [-0.39, 0.29) is 12.2 Å². The van der Waals surface area contributed by atoms with Crippen molar-refractivity contribution in [2.75, 3.05) is 5.75 Å². The maximum absolute atomic E-state index is 12.5. The lowest BCUT2D eigenvalue weighted by atomic mass is 10.0. The molecule has 4 heteroatoms. The summed E-state index contributed by atoms with van der Waals surface area (Å²) in [5.41, 5.74) is 0. The van der Waals surface area contributed by atoms with Crippen LogP contribution in [0.4, 0.5) is 0 Å². The van der Waals surface area contributed by atoms with Crippen LogP contribution in [0.3, 0.4) is 0 Å². The van der Waals surface area contributed by atoms with Crippen LogP contribution in [0.15, 0.2) is 0 Å². The van der Waals surface area contributed by atoms with Gasteiger partial charge in [-0.05, 0) is 31.4 Å². The zero-order valence-electron chi connectivity index (χ0n) is 12.0. The molecule has 1 N–H and O–H groups in total. The predicted molar refractivity (Wildman–Crippen MR) is 77.6 cm³/mol. The van der Waals surface area contributed by atoms with Gasteiger partial charge in [0.05, 0.1) is 12.2 Å². The van der Waals surface area contributed by atoms with Crippen LogP contribution in [0.5, 0.6) is 0 Å². The van der Waals surface area contributed by atoms with Gasteiger partial charge in [0.25, 0.3) is 0 Å². The molecule has 1 saturated carbocycles. The van der Waals surface area contributed by atoms with Gasteiger partial charge in [0.15, 0.2) is 0 Å². The minimum atomic E-state index is 0.0212. The van der Waals surface area contributed by atoms with Crippen molar-refractivity contribution in [1.29, 1.82) is 0 Å². The first-order valence-electron chi connectivity index (χ1n) is 7.26. The first kappa shape index (κ1) is 14.2. The summed E-state index contributed by atoms with van der Waals surface area (Å²) in [6.07, 6.45) is 3.92. The van der Waals surface area contributed by atoms with Crippen LogP contribution in [-0.4, -0.2) is 40.1 Å². The van der Waals surface area contributed by atoms with E-state index in [0.717, 1.165) is 5.75 Å². The second kappa shape index (κ2) is 5.83. The first-order chi connectivity index (χ1) is 8.56. The minimum Gasteiger partial charge on any atom is -0.322 e. The number of nitrogens with one attached hydrogen (secondary N) is 1. The Morgan fingerprint density at radius 1 is 1.44 bits per heavy atom. The van der Waals surface area contributed by atoms with Crippen LogP contribution in [0.2, 0.25) is 0 Å². The lowest BCUT2D eigenvalue weighted by molar-refractivity contribution is -0.132. The fourth-order valence-electron chi connectivity index (χ4n) is 3.32. The van der Waals surface area contributed by atoms with Gasteiger partial charge in [0.2, 0.25) is 5.91 Å². The summed E-state index contributed by atoms with van der Waals surface area (Å²) in [6.45, 7) is 8.59.